The van der Waals surface area contributed by atoms with Crippen molar-refractivity contribution in [2.75, 3.05) is 25.0 Å². The van der Waals surface area contributed by atoms with Crippen molar-refractivity contribution in [3.8, 4) is 0 Å². The molecule has 0 saturated carbocycles. The molecule has 1 N–H and O–H groups in total. The van der Waals surface area contributed by atoms with Crippen LogP contribution in [0.4, 0.5) is 5.69 Å². The molecule has 17 heavy (non-hydrogen) atoms. The smallest absolute Gasteiger partial charge is 0.230 e. The summed E-state index contributed by atoms with van der Waals surface area (Å²) in [5, 5.41) is 4.03. The van der Waals surface area contributed by atoms with Gasteiger partial charge in [-0.25, -0.2) is 0 Å². The Morgan fingerprint density at radius 3 is 3.06 bits per heavy atom. The second-order valence-corrected chi connectivity index (χ2v) is 5.19. The summed E-state index contributed by atoms with van der Waals surface area (Å²) in [6, 6.07) is 5.91. The Hall–Kier alpha value is -1.06. The molecule has 0 aliphatic carbocycles. The summed E-state index contributed by atoms with van der Waals surface area (Å²) in [4.78, 5) is 14.0. The molecule has 0 aromatic heterocycles. The molecule has 1 aromatic rings. The first-order chi connectivity index (χ1) is 8.20. The summed E-state index contributed by atoms with van der Waals surface area (Å²) in [5.41, 5.74) is 2.10. The van der Waals surface area contributed by atoms with Crippen molar-refractivity contribution in [3.05, 3.63) is 28.8 Å². The molecule has 2 atom stereocenters. The Bertz CT molecular complexity index is 474. The van der Waals surface area contributed by atoms with Crippen molar-refractivity contribution in [2.24, 2.45) is 5.92 Å². The van der Waals surface area contributed by atoms with Crippen LogP contribution in [0.2, 0.25) is 5.02 Å². The largest absolute Gasteiger partial charge is 0.316 e. The average Bonchev–Trinajstić information content (AvgIpc) is 2.36. The number of rotatable bonds is 0. The standard InChI is InChI=1S/C13H15ClN2O/c1-16-12-8(3-2-4-11(12)14)10-7-15-6-5-9(10)13(16)17/h2-4,9-10,15H,5-7H2,1H3. The number of anilines is 1. The van der Waals surface area contributed by atoms with Crippen LogP contribution in [-0.4, -0.2) is 26.0 Å². The van der Waals surface area contributed by atoms with Gasteiger partial charge in [-0.2, -0.15) is 0 Å². The van der Waals surface area contributed by atoms with E-state index in [4.69, 9.17) is 11.6 Å². The fraction of sp³-hybridized carbons (Fsp3) is 0.462. The zero-order chi connectivity index (χ0) is 12.0. The molecule has 0 radical (unpaired) electrons. The summed E-state index contributed by atoms with van der Waals surface area (Å²) in [6.07, 6.45) is 0.916. The highest BCUT2D eigenvalue weighted by molar-refractivity contribution is 6.34. The lowest BCUT2D eigenvalue weighted by atomic mass is 9.77. The molecule has 2 unspecified atom stereocenters. The van der Waals surface area contributed by atoms with Crippen LogP contribution in [0, 0.1) is 5.92 Å². The zero-order valence-corrected chi connectivity index (χ0v) is 10.5. The number of benzene rings is 1. The number of hydrogen-bond acceptors (Lipinski definition) is 2. The van der Waals surface area contributed by atoms with Gasteiger partial charge in [0.1, 0.15) is 0 Å². The Kier molecular flexibility index (Phi) is 2.60. The predicted octanol–water partition coefficient (Wildman–Crippen LogP) is 2.01. The van der Waals surface area contributed by atoms with E-state index in [2.05, 4.69) is 11.4 Å². The van der Waals surface area contributed by atoms with E-state index in [1.807, 2.05) is 19.2 Å². The molecule has 1 saturated heterocycles. The molecule has 1 fully saturated rings. The molecule has 2 aliphatic heterocycles. The van der Waals surface area contributed by atoms with Gasteiger partial charge in [-0.3, -0.25) is 4.79 Å². The SMILES string of the molecule is CN1C(=O)C2CCNCC2c2cccc(Cl)c21. The van der Waals surface area contributed by atoms with Crippen molar-refractivity contribution in [1.29, 1.82) is 0 Å². The summed E-state index contributed by atoms with van der Waals surface area (Å²) < 4.78 is 0. The van der Waals surface area contributed by atoms with Gasteiger partial charge in [0.05, 0.1) is 10.7 Å². The minimum atomic E-state index is 0.118. The number of piperidine rings is 1. The fourth-order valence-corrected chi connectivity index (χ4v) is 3.33. The fourth-order valence-electron chi connectivity index (χ4n) is 3.02. The lowest BCUT2D eigenvalue weighted by Gasteiger charge is -2.40. The molecule has 0 spiro atoms. The van der Waals surface area contributed by atoms with Crippen LogP contribution in [0.25, 0.3) is 0 Å². The third-order valence-electron chi connectivity index (χ3n) is 3.88. The lowest BCUT2D eigenvalue weighted by molar-refractivity contribution is -0.123. The van der Waals surface area contributed by atoms with Gasteiger partial charge in [0, 0.05) is 25.4 Å². The van der Waals surface area contributed by atoms with Crippen molar-refractivity contribution < 1.29 is 4.79 Å². The molecule has 4 heteroatoms. The van der Waals surface area contributed by atoms with E-state index < -0.39 is 0 Å². The topological polar surface area (TPSA) is 32.3 Å². The first-order valence-electron chi connectivity index (χ1n) is 5.97. The van der Waals surface area contributed by atoms with Crippen LogP contribution in [0.1, 0.15) is 17.9 Å². The van der Waals surface area contributed by atoms with E-state index in [1.54, 1.807) is 4.90 Å². The first-order valence-corrected chi connectivity index (χ1v) is 6.34. The average molecular weight is 251 g/mol. The normalized spacial score (nSPS) is 27.6. The summed E-state index contributed by atoms with van der Waals surface area (Å²) in [5.74, 6) is 0.602. The Morgan fingerprint density at radius 2 is 2.24 bits per heavy atom. The van der Waals surface area contributed by atoms with Gasteiger partial charge in [-0.15, -0.1) is 0 Å². The van der Waals surface area contributed by atoms with Crippen molar-refractivity contribution in [1.82, 2.24) is 5.32 Å². The number of para-hydroxylation sites is 1. The van der Waals surface area contributed by atoms with Crippen LogP contribution in [0.5, 0.6) is 0 Å². The number of nitrogens with zero attached hydrogens (tertiary/aromatic N) is 1. The molecule has 3 nitrogen and oxygen atoms in total. The highest BCUT2D eigenvalue weighted by atomic mass is 35.5. The van der Waals surface area contributed by atoms with Gasteiger partial charge in [-0.05, 0) is 24.6 Å². The summed E-state index contributed by atoms with van der Waals surface area (Å²) in [6.45, 7) is 1.80. The molecule has 1 amide bonds. The molecular weight excluding hydrogens is 236 g/mol. The van der Waals surface area contributed by atoms with Crippen molar-refractivity contribution in [3.63, 3.8) is 0 Å². The van der Waals surface area contributed by atoms with Crippen LogP contribution in [0.15, 0.2) is 18.2 Å². The first kappa shape index (κ1) is 11.1. The van der Waals surface area contributed by atoms with Gasteiger partial charge < -0.3 is 10.2 Å². The number of fused-ring (bicyclic) bond motifs is 3. The molecule has 2 heterocycles. The van der Waals surface area contributed by atoms with Gasteiger partial charge in [0.15, 0.2) is 0 Å². The number of hydrogen-bond donors (Lipinski definition) is 1. The minimum Gasteiger partial charge on any atom is -0.316 e. The van der Waals surface area contributed by atoms with Gasteiger partial charge in [0.2, 0.25) is 5.91 Å². The van der Waals surface area contributed by atoms with E-state index in [-0.39, 0.29) is 17.7 Å². The molecule has 3 rings (SSSR count). The van der Waals surface area contributed by atoms with Gasteiger partial charge in [0.25, 0.3) is 0 Å². The molecule has 0 bridgehead atoms. The van der Waals surface area contributed by atoms with Gasteiger partial charge in [-0.1, -0.05) is 23.7 Å². The maximum atomic E-state index is 12.3. The van der Waals surface area contributed by atoms with Gasteiger partial charge >= 0.3 is 0 Å². The second kappa shape index (κ2) is 4.00. The number of carbonyl (C=O) groups excluding carboxylic acids is 1. The summed E-state index contributed by atoms with van der Waals surface area (Å²) >= 11 is 6.22. The minimum absolute atomic E-state index is 0.118. The third-order valence-corrected chi connectivity index (χ3v) is 4.19. The number of carbonyl (C=O) groups is 1. The maximum Gasteiger partial charge on any atom is 0.230 e. The quantitative estimate of drug-likeness (QED) is 0.764. The van der Waals surface area contributed by atoms with E-state index in [0.29, 0.717) is 5.02 Å². The lowest BCUT2D eigenvalue weighted by Crippen LogP contribution is -2.48. The Morgan fingerprint density at radius 1 is 1.41 bits per heavy atom. The zero-order valence-electron chi connectivity index (χ0n) is 9.74. The monoisotopic (exact) mass is 250 g/mol. The van der Waals surface area contributed by atoms with Crippen LogP contribution >= 0.6 is 11.6 Å². The Balaban J connectivity index is 2.16. The molecule has 90 valence electrons. The van der Waals surface area contributed by atoms with Crippen LogP contribution < -0.4 is 10.2 Å². The molecule has 1 aromatic carbocycles. The highest BCUT2D eigenvalue weighted by Crippen LogP contribution is 2.44. The third kappa shape index (κ3) is 1.57. The second-order valence-electron chi connectivity index (χ2n) is 4.78. The van der Waals surface area contributed by atoms with E-state index in [9.17, 15) is 4.79 Å². The number of amides is 1. The number of halogens is 1. The van der Waals surface area contributed by atoms with E-state index in [1.165, 1.54) is 5.56 Å². The van der Waals surface area contributed by atoms with E-state index in [0.717, 1.165) is 25.2 Å². The number of nitrogens with one attached hydrogen (secondary N) is 1. The summed E-state index contributed by atoms with van der Waals surface area (Å²) in [7, 11) is 1.82. The van der Waals surface area contributed by atoms with Crippen molar-refractivity contribution in [2.45, 2.75) is 12.3 Å². The van der Waals surface area contributed by atoms with E-state index >= 15 is 0 Å². The highest BCUT2D eigenvalue weighted by Gasteiger charge is 2.40. The van der Waals surface area contributed by atoms with Crippen LogP contribution in [0.3, 0.4) is 0 Å². The molecular formula is C13H15ClN2O. The van der Waals surface area contributed by atoms with Crippen molar-refractivity contribution >= 4 is 23.2 Å². The molecule has 2 aliphatic rings. The van der Waals surface area contributed by atoms with Crippen LogP contribution in [-0.2, 0) is 4.79 Å². The predicted molar refractivity (Wildman–Crippen MR) is 68.6 cm³/mol. The maximum absolute atomic E-state index is 12.3. The Labute approximate surface area is 106 Å².